The van der Waals surface area contributed by atoms with Crippen LogP contribution in [0.3, 0.4) is 0 Å². The van der Waals surface area contributed by atoms with E-state index < -0.39 is 5.54 Å². The van der Waals surface area contributed by atoms with Gasteiger partial charge in [0.1, 0.15) is 0 Å². The second kappa shape index (κ2) is 7.01. The maximum Gasteiger partial charge on any atom is 0.315 e. The first-order chi connectivity index (χ1) is 10.8. The SMILES string of the molecule is C=C(C)c1cccc(C(C)(C)NC(=O)N[C@H](C)c2cccs2)c1. The molecule has 4 heteroatoms. The summed E-state index contributed by atoms with van der Waals surface area (Å²) >= 11 is 1.64. The first-order valence-electron chi connectivity index (χ1n) is 7.68. The average molecular weight is 328 g/mol. The Kier molecular flexibility index (Phi) is 5.26. The molecule has 0 saturated heterocycles. The number of rotatable bonds is 5. The third-order valence-electron chi connectivity index (χ3n) is 3.82. The Morgan fingerprint density at radius 3 is 2.61 bits per heavy atom. The Balaban J connectivity index is 2.06. The minimum Gasteiger partial charge on any atom is -0.331 e. The van der Waals surface area contributed by atoms with Crippen LogP contribution in [0.4, 0.5) is 4.79 Å². The maximum absolute atomic E-state index is 12.3. The molecule has 122 valence electrons. The number of hydrogen-bond acceptors (Lipinski definition) is 2. The van der Waals surface area contributed by atoms with Gasteiger partial charge in [0.25, 0.3) is 0 Å². The lowest BCUT2D eigenvalue weighted by Crippen LogP contribution is -2.47. The van der Waals surface area contributed by atoms with Crippen molar-refractivity contribution >= 4 is 22.9 Å². The first kappa shape index (κ1) is 17.3. The zero-order chi connectivity index (χ0) is 17.0. The summed E-state index contributed by atoms with van der Waals surface area (Å²) in [5, 5.41) is 8.06. The van der Waals surface area contributed by atoms with E-state index in [0.717, 1.165) is 21.6 Å². The molecule has 0 aliphatic carbocycles. The van der Waals surface area contributed by atoms with Gasteiger partial charge in [-0.1, -0.05) is 36.4 Å². The number of hydrogen-bond donors (Lipinski definition) is 2. The van der Waals surface area contributed by atoms with Crippen LogP contribution < -0.4 is 10.6 Å². The fourth-order valence-corrected chi connectivity index (χ4v) is 3.11. The Bertz CT molecular complexity index is 689. The summed E-state index contributed by atoms with van der Waals surface area (Å²) < 4.78 is 0. The van der Waals surface area contributed by atoms with Crippen LogP contribution in [0.5, 0.6) is 0 Å². The van der Waals surface area contributed by atoms with Crippen molar-refractivity contribution in [3.63, 3.8) is 0 Å². The molecule has 2 N–H and O–H groups in total. The normalized spacial score (nSPS) is 12.5. The van der Waals surface area contributed by atoms with Crippen LogP contribution in [0, 0.1) is 0 Å². The van der Waals surface area contributed by atoms with Gasteiger partial charge < -0.3 is 10.6 Å². The second-order valence-corrected chi connectivity index (χ2v) is 7.30. The lowest BCUT2D eigenvalue weighted by atomic mass is 9.92. The van der Waals surface area contributed by atoms with Gasteiger partial charge in [0.15, 0.2) is 0 Å². The van der Waals surface area contributed by atoms with Crippen molar-refractivity contribution in [2.24, 2.45) is 0 Å². The molecular weight excluding hydrogens is 304 g/mol. The minimum atomic E-state index is -0.468. The number of carbonyl (C=O) groups is 1. The van der Waals surface area contributed by atoms with E-state index >= 15 is 0 Å². The summed E-state index contributed by atoms with van der Waals surface area (Å²) in [6.07, 6.45) is 0. The predicted octanol–water partition coefficient (Wildman–Crippen LogP) is 5.08. The van der Waals surface area contributed by atoms with Crippen molar-refractivity contribution in [2.75, 3.05) is 0 Å². The number of amides is 2. The zero-order valence-electron chi connectivity index (χ0n) is 14.1. The van der Waals surface area contributed by atoms with Gasteiger partial charge in [-0.25, -0.2) is 4.79 Å². The second-order valence-electron chi connectivity index (χ2n) is 6.32. The third kappa shape index (κ3) is 4.45. The van der Waals surface area contributed by atoms with Crippen LogP contribution in [0.1, 0.15) is 49.7 Å². The highest BCUT2D eigenvalue weighted by Gasteiger charge is 2.24. The molecule has 2 amide bonds. The molecule has 0 aliphatic rings. The standard InChI is InChI=1S/C19H24N2OS/c1-13(2)15-8-6-9-16(12-15)19(4,5)21-18(22)20-14(3)17-10-7-11-23-17/h6-12,14H,1H2,2-5H3,(H2,20,21,22)/t14-/m1/s1. The van der Waals surface area contributed by atoms with Gasteiger partial charge >= 0.3 is 6.03 Å². The molecule has 1 aromatic heterocycles. The molecule has 0 bridgehead atoms. The van der Waals surface area contributed by atoms with Crippen LogP contribution in [0.2, 0.25) is 0 Å². The van der Waals surface area contributed by atoms with E-state index in [1.807, 2.05) is 63.4 Å². The topological polar surface area (TPSA) is 41.1 Å². The minimum absolute atomic E-state index is 0.00689. The van der Waals surface area contributed by atoms with E-state index in [4.69, 9.17) is 0 Å². The summed E-state index contributed by atoms with van der Waals surface area (Å²) in [7, 11) is 0. The summed E-state index contributed by atoms with van der Waals surface area (Å²) in [4.78, 5) is 13.5. The quantitative estimate of drug-likeness (QED) is 0.790. The summed E-state index contributed by atoms with van der Waals surface area (Å²) in [6, 6.07) is 12.0. The van der Waals surface area contributed by atoms with Crippen molar-refractivity contribution < 1.29 is 4.79 Å². The Morgan fingerprint density at radius 2 is 2.00 bits per heavy atom. The average Bonchev–Trinajstić information content (AvgIpc) is 3.01. The number of carbonyl (C=O) groups excluding carboxylic acids is 1. The number of urea groups is 1. The fourth-order valence-electron chi connectivity index (χ4n) is 2.37. The zero-order valence-corrected chi connectivity index (χ0v) is 15.0. The molecule has 1 aromatic carbocycles. The van der Waals surface area contributed by atoms with E-state index in [9.17, 15) is 4.79 Å². The Morgan fingerprint density at radius 1 is 1.26 bits per heavy atom. The molecule has 0 radical (unpaired) electrons. The maximum atomic E-state index is 12.3. The molecule has 3 nitrogen and oxygen atoms in total. The number of allylic oxidation sites excluding steroid dienone is 1. The number of benzene rings is 1. The molecule has 1 heterocycles. The van der Waals surface area contributed by atoms with Crippen molar-refractivity contribution in [2.45, 2.75) is 39.3 Å². The highest BCUT2D eigenvalue weighted by molar-refractivity contribution is 7.10. The monoisotopic (exact) mass is 328 g/mol. The van der Waals surface area contributed by atoms with Gasteiger partial charge in [-0.05, 0) is 56.3 Å². The van der Waals surface area contributed by atoms with Crippen LogP contribution in [0.15, 0.2) is 48.4 Å². The number of nitrogens with one attached hydrogen (secondary N) is 2. The van der Waals surface area contributed by atoms with E-state index in [0.29, 0.717) is 0 Å². The Hall–Kier alpha value is -2.07. The molecule has 0 aliphatic heterocycles. The van der Waals surface area contributed by atoms with Gasteiger partial charge in [0.05, 0.1) is 11.6 Å². The number of thiophene rings is 1. The molecular formula is C19H24N2OS. The van der Waals surface area contributed by atoms with E-state index in [1.165, 1.54) is 0 Å². The molecule has 0 fully saturated rings. The lowest BCUT2D eigenvalue weighted by molar-refractivity contribution is 0.227. The Labute approximate surface area is 142 Å². The summed E-state index contributed by atoms with van der Waals surface area (Å²) in [6.45, 7) is 11.9. The van der Waals surface area contributed by atoms with Crippen LogP contribution in [0.25, 0.3) is 5.57 Å². The van der Waals surface area contributed by atoms with Gasteiger partial charge in [-0.3, -0.25) is 0 Å². The fraction of sp³-hybridized carbons (Fsp3) is 0.316. The molecule has 0 spiro atoms. The smallest absolute Gasteiger partial charge is 0.315 e. The lowest BCUT2D eigenvalue weighted by Gasteiger charge is -2.28. The van der Waals surface area contributed by atoms with Gasteiger partial charge in [0, 0.05) is 4.88 Å². The molecule has 23 heavy (non-hydrogen) atoms. The molecule has 0 saturated carbocycles. The van der Waals surface area contributed by atoms with Crippen molar-refractivity contribution in [3.8, 4) is 0 Å². The van der Waals surface area contributed by atoms with Crippen LogP contribution >= 0.6 is 11.3 Å². The molecule has 0 unspecified atom stereocenters. The molecule has 1 atom stereocenters. The van der Waals surface area contributed by atoms with Gasteiger partial charge in [-0.2, -0.15) is 0 Å². The van der Waals surface area contributed by atoms with Crippen molar-refractivity contribution in [3.05, 3.63) is 64.4 Å². The van der Waals surface area contributed by atoms with Crippen molar-refractivity contribution in [1.82, 2.24) is 10.6 Å². The highest BCUT2D eigenvalue weighted by Crippen LogP contribution is 2.24. The third-order valence-corrected chi connectivity index (χ3v) is 4.88. The van der Waals surface area contributed by atoms with Crippen LogP contribution in [-0.2, 0) is 5.54 Å². The predicted molar refractivity (Wildman–Crippen MR) is 98.6 cm³/mol. The summed E-state index contributed by atoms with van der Waals surface area (Å²) in [5.41, 5.74) is 2.69. The van der Waals surface area contributed by atoms with E-state index in [1.54, 1.807) is 11.3 Å². The molecule has 2 rings (SSSR count). The van der Waals surface area contributed by atoms with Crippen molar-refractivity contribution in [1.29, 1.82) is 0 Å². The summed E-state index contributed by atoms with van der Waals surface area (Å²) in [5.74, 6) is 0. The van der Waals surface area contributed by atoms with Gasteiger partial charge in [-0.15, -0.1) is 11.3 Å². The van der Waals surface area contributed by atoms with E-state index in [-0.39, 0.29) is 12.1 Å². The molecule has 2 aromatic rings. The highest BCUT2D eigenvalue weighted by atomic mass is 32.1. The largest absolute Gasteiger partial charge is 0.331 e. The van der Waals surface area contributed by atoms with E-state index in [2.05, 4.69) is 23.3 Å². The van der Waals surface area contributed by atoms with Crippen LogP contribution in [-0.4, -0.2) is 6.03 Å². The van der Waals surface area contributed by atoms with Gasteiger partial charge in [0.2, 0.25) is 0 Å². The first-order valence-corrected chi connectivity index (χ1v) is 8.56.